The normalized spacial score (nSPS) is 20.0. The van der Waals surface area contributed by atoms with E-state index < -0.39 is 5.97 Å². The number of carbonyl (C=O) groups excluding carboxylic acids is 2. The van der Waals surface area contributed by atoms with Crippen molar-refractivity contribution in [2.75, 3.05) is 39.2 Å². The van der Waals surface area contributed by atoms with Crippen LogP contribution in [-0.2, 0) is 9.53 Å². The van der Waals surface area contributed by atoms with Crippen LogP contribution >= 0.6 is 0 Å². The van der Waals surface area contributed by atoms with E-state index in [1.807, 2.05) is 13.0 Å². The van der Waals surface area contributed by atoms with Crippen LogP contribution in [0.1, 0.15) is 61.4 Å². The smallest absolute Gasteiger partial charge is 0.340 e. The summed E-state index contributed by atoms with van der Waals surface area (Å²) in [6, 6.07) is 3.47. The van der Waals surface area contributed by atoms with Crippen molar-refractivity contribution < 1.29 is 23.5 Å². The van der Waals surface area contributed by atoms with Gasteiger partial charge in [0, 0.05) is 12.8 Å². The number of likely N-dealkylation sites (N-methyl/N-ethyl adjacent to an activating group) is 1. The Morgan fingerprint density at radius 2 is 1.79 bits per heavy atom. The van der Waals surface area contributed by atoms with E-state index >= 15 is 0 Å². The summed E-state index contributed by atoms with van der Waals surface area (Å²) in [7, 11) is 2.91. The minimum atomic E-state index is -0.475. The average Bonchev–Trinajstić information content (AvgIpc) is 2.68. The fourth-order valence-corrected chi connectivity index (χ4v) is 5.13. The molecule has 0 spiro atoms. The standard InChI is InChI=1S/C22H32N2O4/c1-5-24(12-7-6-8-13-24)22(10-9-11-22)21(26)23-19-16(2)14-17(27-3)15-18(19)20(25)28-4/h14-15H,5-13H2,1-4H3/p+1. The van der Waals surface area contributed by atoms with Gasteiger partial charge < -0.3 is 19.3 Å². The predicted octanol–water partition coefficient (Wildman–Crippen LogP) is 3.67. The molecule has 2 fully saturated rings. The van der Waals surface area contributed by atoms with Crippen LogP contribution < -0.4 is 10.1 Å². The van der Waals surface area contributed by atoms with Gasteiger partial charge in [0.15, 0.2) is 5.54 Å². The topological polar surface area (TPSA) is 64.6 Å². The highest BCUT2D eigenvalue weighted by molar-refractivity contribution is 6.05. The van der Waals surface area contributed by atoms with Gasteiger partial charge >= 0.3 is 5.97 Å². The zero-order chi connectivity index (χ0) is 20.4. The third-order valence-corrected chi connectivity index (χ3v) is 6.98. The number of nitrogens with one attached hydrogen (secondary N) is 1. The van der Waals surface area contributed by atoms with Crippen molar-refractivity contribution in [2.45, 2.75) is 57.9 Å². The maximum Gasteiger partial charge on any atom is 0.340 e. The van der Waals surface area contributed by atoms with Gasteiger partial charge in [0.2, 0.25) is 0 Å². The molecule has 28 heavy (non-hydrogen) atoms. The lowest BCUT2D eigenvalue weighted by molar-refractivity contribution is -0.974. The number of likely N-dealkylation sites (tertiary alicyclic amines) is 1. The fraction of sp³-hybridized carbons (Fsp3) is 0.636. The number of methoxy groups -OCH3 is 2. The lowest BCUT2D eigenvalue weighted by Crippen LogP contribution is -2.73. The number of piperidine rings is 1. The molecule has 0 bridgehead atoms. The molecule has 1 saturated heterocycles. The number of aryl methyl sites for hydroxylation is 1. The van der Waals surface area contributed by atoms with Gasteiger partial charge in [0.25, 0.3) is 5.91 Å². The van der Waals surface area contributed by atoms with Gasteiger partial charge in [0.1, 0.15) is 5.75 Å². The van der Waals surface area contributed by atoms with Crippen molar-refractivity contribution >= 4 is 17.6 Å². The average molecular weight is 390 g/mol. The first-order valence-corrected chi connectivity index (χ1v) is 10.4. The second-order valence-electron chi connectivity index (χ2n) is 8.17. The number of quaternary nitrogens is 1. The van der Waals surface area contributed by atoms with Crippen molar-refractivity contribution in [2.24, 2.45) is 0 Å². The molecule has 1 amide bonds. The maximum atomic E-state index is 13.6. The molecule has 1 aliphatic carbocycles. The Labute approximate surface area is 167 Å². The third kappa shape index (κ3) is 3.28. The fourth-order valence-electron chi connectivity index (χ4n) is 5.13. The SMILES string of the molecule is CC[N+]1(C2(C(=O)Nc3c(C)cc(OC)cc3C(=O)OC)CCC2)CCCCC1. The Morgan fingerprint density at radius 1 is 1.11 bits per heavy atom. The molecule has 6 nitrogen and oxygen atoms in total. The summed E-state index contributed by atoms with van der Waals surface area (Å²) >= 11 is 0. The number of benzene rings is 1. The lowest BCUT2D eigenvalue weighted by Gasteiger charge is -2.57. The van der Waals surface area contributed by atoms with Crippen LogP contribution in [0.5, 0.6) is 5.75 Å². The monoisotopic (exact) mass is 389 g/mol. The minimum absolute atomic E-state index is 0.0425. The summed E-state index contributed by atoms with van der Waals surface area (Å²) in [5.74, 6) is 0.139. The van der Waals surface area contributed by atoms with E-state index in [1.54, 1.807) is 13.2 Å². The van der Waals surface area contributed by atoms with Gasteiger partial charge in [-0.05, 0) is 57.2 Å². The highest BCUT2D eigenvalue weighted by Crippen LogP contribution is 2.46. The molecule has 0 unspecified atom stereocenters. The van der Waals surface area contributed by atoms with Crippen LogP contribution in [0.15, 0.2) is 12.1 Å². The van der Waals surface area contributed by atoms with Crippen LogP contribution in [0, 0.1) is 6.92 Å². The van der Waals surface area contributed by atoms with Crippen LogP contribution in [0.2, 0.25) is 0 Å². The summed E-state index contributed by atoms with van der Waals surface area (Å²) in [6.07, 6.45) is 6.52. The molecule has 1 aromatic rings. The van der Waals surface area contributed by atoms with Crippen LogP contribution in [-0.4, -0.2) is 55.8 Å². The number of hydrogen-bond acceptors (Lipinski definition) is 4. The first kappa shape index (κ1) is 20.6. The predicted molar refractivity (Wildman–Crippen MR) is 109 cm³/mol. The van der Waals surface area contributed by atoms with Gasteiger partial charge in [-0.3, -0.25) is 4.79 Å². The summed E-state index contributed by atoms with van der Waals surface area (Å²) in [6.45, 7) is 7.18. The zero-order valence-electron chi connectivity index (χ0n) is 17.6. The molecule has 1 saturated carbocycles. The Balaban J connectivity index is 1.96. The van der Waals surface area contributed by atoms with E-state index in [0.29, 0.717) is 17.0 Å². The molecule has 1 N–H and O–H groups in total. The second kappa shape index (κ2) is 8.11. The van der Waals surface area contributed by atoms with Gasteiger partial charge in [-0.1, -0.05) is 0 Å². The summed E-state index contributed by atoms with van der Waals surface area (Å²) in [4.78, 5) is 26.0. The number of hydrogen-bond donors (Lipinski definition) is 1. The van der Waals surface area contributed by atoms with Gasteiger partial charge in [-0.2, -0.15) is 0 Å². The Hall–Kier alpha value is -2.08. The zero-order valence-corrected chi connectivity index (χ0v) is 17.6. The van der Waals surface area contributed by atoms with Crippen molar-refractivity contribution in [3.05, 3.63) is 23.3 Å². The largest absolute Gasteiger partial charge is 0.497 e. The molecule has 1 aliphatic heterocycles. The van der Waals surface area contributed by atoms with E-state index in [1.165, 1.54) is 26.4 Å². The van der Waals surface area contributed by atoms with Crippen molar-refractivity contribution in [3.8, 4) is 5.75 Å². The quantitative estimate of drug-likeness (QED) is 0.596. The van der Waals surface area contributed by atoms with Gasteiger partial charge in [-0.15, -0.1) is 0 Å². The third-order valence-electron chi connectivity index (χ3n) is 6.98. The molecule has 3 rings (SSSR count). The van der Waals surface area contributed by atoms with E-state index in [-0.39, 0.29) is 11.4 Å². The Kier molecular flexibility index (Phi) is 5.98. The number of amides is 1. The summed E-state index contributed by atoms with van der Waals surface area (Å²) in [5, 5.41) is 3.13. The number of carbonyl (C=O) groups is 2. The molecule has 1 heterocycles. The van der Waals surface area contributed by atoms with Crippen LogP contribution in [0.3, 0.4) is 0 Å². The van der Waals surface area contributed by atoms with Crippen molar-refractivity contribution in [3.63, 3.8) is 0 Å². The Morgan fingerprint density at radius 3 is 2.29 bits per heavy atom. The lowest BCUT2D eigenvalue weighted by atomic mass is 9.71. The first-order chi connectivity index (χ1) is 13.4. The summed E-state index contributed by atoms with van der Waals surface area (Å²) in [5.41, 5.74) is 1.29. The molecule has 1 aromatic carbocycles. The van der Waals surface area contributed by atoms with Crippen molar-refractivity contribution in [1.82, 2.24) is 0 Å². The van der Waals surface area contributed by atoms with E-state index in [2.05, 4.69) is 12.2 Å². The molecular weight excluding hydrogens is 356 g/mol. The second-order valence-corrected chi connectivity index (χ2v) is 8.17. The first-order valence-electron chi connectivity index (χ1n) is 10.4. The maximum absolute atomic E-state index is 13.6. The number of anilines is 1. The van der Waals surface area contributed by atoms with Gasteiger partial charge in [-0.25, -0.2) is 4.79 Å². The number of ether oxygens (including phenoxy) is 2. The highest BCUT2D eigenvalue weighted by Gasteiger charge is 2.59. The van der Waals surface area contributed by atoms with Crippen LogP contribution in [0.4, 0.5) is 5.69 Å². The Bertz CT molecular complexity index is 749. The molecule has 0 radical (unpaired) electrons. The van der Waals surface area contributed by atoms with E-state index in [4.69, 9.17) is 9.47 Å². The minimum Gasteiger partial charge on any atom is -0.497 e. The molecule has 154 valence electrons. The molecule has 6 heteroatoms. The highest BCUT2D eigenvalue weighted by atomic mass is 16.5. The number of nitrogens with zero attached hydrogens (tertiary/aromatic N) is 1. The molecular formula is C22H33N2O4+. The van der Waals surface area contributed by atoms with Crippen molar-refractivity contribution in [1.29, 1.82) is 0 Å². The van der Waals surface area contributed by atoms with E-state index in [9.17, 15) is 9.59 Å². The number of rotatable bonds is 6. The summed E-state index contributed by atoms with van der Waals surface area (Å²) < 4.78 is 11.1. The van der Waals surface area contributed by atoms with Gasteiger partial charge in [0.05, 0.1) is 45.1 Å². The molecule has 2 aliphatic rings. The van der Waals surface area contributed by atoms with Crippen LogP contribution in [0.25, 0.3) is 0 Å². The number of esters is 1. The molecule has 0 aromatic heterocycles. The molecule has 0 atom stereocenters. The van der Waals surface area contributed by atoms with E-state index in [0.717, 1.165) is 48.9 Å².